The van der Waals surface area contributed by atoms with E-state index in [2.05, 4.69) is 0 Å². The molecule has 0 saturated heterocycles. The summed E-state index contributed by atoms with van der Waals surface area (Å²) in [6, 6.07) is 2.89. The van der Waals surface area contributed by atoms with Crippen LogP contribution in [0.4, 0.5) is 4.39 Å². The van der Waals surface area contributed by atoms with E-state index in [0.717, 1.165) is 23.8 Å². The predicted molar refractivity (Wildman–Crippen MR) is 73.7 cm³/mol. The molecular formula is C13H13ClFNO3S. The molecule has 7 heteroatoms. The maximum Gasteiger partial charge on any atom is 0.262 e. The van der Waals surface area contributed by atoms with Crippen LogP contribution in [0.1, 0.15) is 23.7 Å². The third-order valence-electron chi connectivity index (χ3n) is 3.05. The van der Waals surface area contributed by atoms with Crippen LogP contribution in [0, 0.1) is 5.82 Å². The molecule has 0 radical (unpaired) electrons. The van der Waals surface area contributed by atoms with Crippen LogP contribution in [-0.4, -0.2) is 32.3 Å². The van der Waals surface area contributed by atoms with Gasteiger partial charge in [0.1, 0.15) is 5.82 Å². The van der Waals surface area contributed by atoms with Crippen molar-refractivity contribution in [2.45, 2.75) is 18.2 Å². The third kappa shape index (κ3) is 3.19. The maximum atomic E-state index is 13.3. The van der Waals surface area contributed by atoms with Crippen molar-refractivity contribution in [3.8, 4) is 0 Å². The van der Waals surface area contributed by atoms with Crippen molar-refractivity contribution in [2.24, 2.45) is 0 Å². The number of benzene rings is 1. The molecule has 1 aliphatic heterocycles. The van der Waals surface area contributed by atoms with Gasteiger partial charge in [0.2, 0.25) is 0 Å². The minimum atomic E-state index is -4.10. The van der Waals surface area contributed by atoms with E-state index in [1.54, 1.807) is 0 Å². The average molecular weight is 318 g/mol. The molecule has 1 amide bonds. The van der Waals surface area contributed by atoms with Gasteiger partial charge in [-0.2, -0.15) is 0 Å². The molecule has 0 bridgehead atoms. The Morgan fingerprint density at radius 2 is 2.10 bits per heavy atom. The molecule has 4 nitrogen and oxygen atoms in total. The molecule has 0 spiro atoms. The van der Waals surface area contributed by atoms with Gasteiger partial charge in [-0.3, -0.25) is 4.79 Å². The van der Waals surface area contributed by atoms with Gasteiger partial charge in [-0.1, -0.05) is 11.6 Å². The van der Waals surface area contributed by atoms with Crippen molar-refractivity contribution in [3.63, 3.8) is 0 Å². The third-order valence-corrected chi connectivity index (χ3v) is 4.43. The summed E-state index contributed by atoms with van der Waals surface area (Å²) >= 11 is 0. The fraction of sp³-hybridized carbons (Fsp3) is 0.308. The minimum absolute atomic E-state index is 0.227. The summed E-state index contributed by atoms with van der Waals surface area (Å²) in [5.74, 6) is -1.21. The first-order chi connectivity index (χ1) is 9.29. The van der Waals surface area contributed by atoms with Crippen LogP contribution < -0.4 is 0 Å². The Morgan fingerprint density at radius 3 is 2.70 bits per heavy atom. The number of hydrogen-bond donors (Lipinski definition) is 0. The number of nitrogens with zero attached hydrogens (tertiary/aromatic N) is 1. The summed E-state index contributed by atoms with van der Waals surface area (Å²) in [6.45, 7) is 2.75. The van der Waals surface area contributed by atoms with Gasteiger partial charge in [-0.05, 0) is 31.5 Å². The number of halogens is 2. The van der Waals surface area contributed by atoms with Gasteiger partial charge < -0.3 is 4.90 Å². The lowest BCUT2D eigenvalue weighted by Gasteiger charge is -2.26. The van der Waals surface area contributed by atoms with E-state index < -0.39 is 20.8 Å². The van der Waals surface area contributed by atoms with Crippen molar-refractivity contribution >= 4 is 25.6 Å². The summed E-state index contributed by atoms with van der Waals surface area (Å²) in [4.78, 5) is 13.5. The fourth-order valence-corrected chi connectivity index (χ4v) is 3.18. The molecular weight excluding hydrogens is 305 g/mol. The van der Waals surface area contributed by atoms with Crippen LogP contribution in [0.5, 0.6) is 0 Å². The molecule has 0 aliphatic carbocycles. The molecule has 20 heavy (non-hydrogen) atoms. The Bertz CT molecular complexity index is 685. The second-order valence-corrected chi connectivity index (χ2v) is 7.18. The summed E-state index contributed by atoms with van der Waals surface area (Å²) in [5, 5.41) is 0. The van der Waals surface area contributed by atoms with Gasteiger partial charge in [0.25, 0.3) is 15.0 Å². The standard InChI is InChI=1S/C13H13ClFNO3S/c1-9-3-2-6-16(8-9)13(17)11-7-10(15)4-5-12(11)20(14,18)19/h3-5,7H,2,6,8H2,1H3. The Morgan fingerprint density at radius 1 is 1.40 bits per heavy atom. The molecule has 0 atom stereocenters. The molecule has 1 aliphatic rings. The zero-order valence-corrected chi connectivity index (χ0v) is 12.3. The topological polar surface area (TPSA) is 54.5 Å². The highest BCUT2D eigenvalue weighted by Gasteiger charge is 2.26. The Labute approximate surface area is 121 Å². The van der Waals surface area contributed by atoms with Crippen LogP contribution in [0.3, 0.4) is 0 Å². The van der Waals surface area contributed by atoms with E-state index in [0.29, 0.717) is 19.5 Å². The number of carbonyl (C=O) groups is 1. The zero-order valence-electron chi connectivity index (χ0n) is 10.8. The van der Waals surface area contributed by atoms with Gasteiger partial charge in [-0.15, -0.1) is 0 Å². The molecule has 2 rings (SSSR count). The van der Waals surface area contributed by atoms with Gasteiger partial charge >= 0.3 is 0 Å². The number of carbonyl (C=O) groups excluding carboxylic acids is 1. The molecule has 1 aromatic carbocycles. The lowest BCUT2D eigenvalue weighted by Crippen LogP contribution is -2.36. The fourth-order valence-electron chi connectivity index (χ4n) is 2.14. The van der Waals surface area contributed by atoms with E-state index in [1.165, 1.54) is 4.90 Å². The van der Waals surface area contributed by atoms with E-state index in [9.17, 15) is 17.6 Å². The van der Waals surface area contributed by atoms with Crippen molar-refractivity contribution in [1.82, 2.24) is 4.90 Å². The lowest BCUT2D eigenvalue weighted by molar-refractivity contribution is 0.0761. The number of rotatable bonds is 2. The first-order valence-electron chi connectivity index (χ1n) is 5.98. The Hall–Kier alpha value is -1.40. The second-order valence-electron chi connectivity index (χ2n) is 4.64. The first kappa shape index (κ1) is 15.0. The van der Waals surface area contributed by atoms with Gasteiger partial charge in [0.15, 0.2) is 0 Å². The number of hydrogen-bond acceptors (Lipinski definition) is 3. The molecule has 108 valence electrons. The van der Waals surface area contributed by atoms with E-state index in [-0.39, 0.29) is 10.5 Å². The summed E-state index contributed by atoms with van der Waals surface area (Å²) in [7, 11) is 1.19. The molecule has 1 aromatic rings. The van der Waals surface area contributed by atoms with Gasteiger partial charge in [-0.25, -0.2) is 12.8 Å². The number of amides is 1. The van der Waals surface area contributed by atoms with Crippen molar-refractivity contribution in [3.05, 3.63) is 41.2 Å². The molecule has 0 N–H and O–H groups in total. The predicted octanol–water partition coefficient (Wildman–Crippen LogP) is 2.55. The highest BCUT2D eigenvalue weighted by molar-refractivity contribution is 8.13. The second kappa shape index (κ2) is 5.54. The zero-order chi connectivity index (χ0) is 14.9. The average Bonchev–Trinajstić information content (AvgIpc) is 2.36. The first-order valence-corrected chi connectivity index (χ1v) is 8.29. The molecule has 0 fully saturated rings. The summed E-state index contributed by atoms with van der Waals surface area (Å²) < 4.78 is 36.3. The van der Waals surface area contributed by atoms with Crippen LogP contribution in [0.25, 0.3) is 0 Å². The van der Waals surface area contributed by atoms with Gasteiger partial charge in [0.05, 0.1) is 10.5 Å². The van der Waals surface area contributed by atoms with Crippen LogP contribution in [-0.2, 0) is 9.05 Å². The quantitative estimate of drug-likeness (QED) is 0.622. The van der Waals surface area contributed by atoms with Crippen molar-refractivity contribution in [1.29, 1.82) is 0 Å². The maximum absolute atomic E-state index is 13.3. The largest absolute Gasteiger partial charge is 0.334 e. The summed E-state index contributed by atoms with van der Waals surface area (Å²) in [6.07, 6.45) is 2.70. The van der Waals surface area contributed by atoms with E-state index in [1.807, 2.05) is 13.0 Å². The molecule has 0 aromatic heterocycles. The molecule has 1 heterocycles. The van der Waals surface area contributed by atoms with Crippen LogP contribution in [0.2, 0.25) is 0 Å². The summed E-state index contributed by atoms with van der Waals surface area (Å²) in [5.41, 5.74) is 0.783. The SMILES string of the molecule is CC1=CCCN(C(=O)c2cc(F)ccc2S(=O)(=O)Cl)C1. The normalized spacial score (nSPS) is 15.9. The van der Waals surface area contributed by atoms with Crippen LogP contribution in [0.15, 0.2) is 34.7 Å². The smallest absolute Gasteiger partial charge is 0.262 e. The van der Waals surface area contributed by atoms with Crippen molar-refractivity contribution in [2.75, 3.05) is 13.1 Å². The van der Waals surface area contributed by atoms with E-state index in [4.69, 9.17) is 10.7 Å². The van der Waals surface area contributed by atoms with E-state index >= 15 is 0 Å². The Balaban J connectivity index is 2.44. The molecule has 0 saturated carbocycles. The Kier molecular flexibility index (Phi) is 4.15. The highest BCUT2D eigenvalue weighted by Crippen LogP contribution is 2.23. The van der Waals surface area contributed by atoms with Gasteiger partial charge in [0, 0.05) is 23.8 Å². The van der Waals surface area contributed by atoms with Crippen LogP contribution >= 0.6 is 10.7 Å². The molecule has 0 unspecified atom stereocenters. The highest BCUT2D eigenvalue weighted by atomic mass is 35.7. The van der Waals surface area contributed by atoms with Crippen molar-refractivity contribution < 1.29 is 17.6 Å². The monoisotopic (exact) mass is 317 g/mol. The minimum Gasteiger partial charge on any atom is -0.334 e. The lowest BCUT2D eigenvalue weighted by atomic mass is 10.1.